The molecule has 1 N–H and O–H groups in total. The molecule has 0 unspecified atom stereocenters. The topological polar surface area (TPSA) is 29.1 Å². The Kier molecular flexibility index (Phi) is 5.12. The van der Waals surface area contributed by atoms with Crippen LogP contribution in [0.3, 0.4) is 0 Å². The van der Waals surface area contributed by atoms with Crippen LogP contribution in [0.15, 0.2) is 24.3 Å². The molecule has 88 valence electrons. The van der Waals surface area contributed by atoms with Gasteiger partial charge in [-0.3, -0.25) is 4.79 Å². The van der Waals surface area contributed by atoms with E-state index in [-0.39, 0.29) is 11.6 Å². The molecule has 0 aliphatic heterocycles. The number of rotatable bonds is 6. The van der Waals surface area contributed by atoms with Crippen molar-refractivity contribution >= 4 is 5.78 Å². The van der Waals surface area contributed by atoms with Gasteiger partial charge in [-0.1, -0.05) is 26.0 Å². The second-order valence-corrected chi connectivity index (χ2v) is 4.20. The molecule has 0 spiro atoms. The van der Waals surface area contributed by atoms with Gasteiger partial charge in [-0.25, -0.2) is 4.39 Å². The molecule has 0 aliphatic carbocycles. The molecule has 0 saturated heterocycles. The third kappa shape index (κ3) is 5.03. The number of nitrogens with one attached hydrogen (secondary N) is 1. The van der Waals surface area contributed by atoms with E-state index >= 15 is 0 Å². The molecule has 0 fully saturated rings. The summed E-state index contributed by atoms with van der Waals surface area (Å²) in [5.41, 5.74) is 0.745. The summed E-state index contributed by atoms with van der Waals surface area (Å²) in [5.74, 6) is -0.149. The molecular weight excluding hydrogens is 205 g/mol. The lowest BCUT2D eigenvalue weighted by Gasteiger charge is -2.07. The normalized spacial score (nSPS) is 10.8. The van der Waals surface area contributed by atoms with Crippen molar-refractivity contribution in [3.63, 3.8) is 0 Å². The predicted octanol–water partition coefficient (Wildman–Crippen LogP) is 2.33. The number of halogens is 1. The van der Waals surface area contributed by atoms with E-state index in [0.29, 0.717) is 25.4 Å². The fraction of sp³-hybridized carbons (Fsp3) is 0.462. The van der Waals surface area contributed by atoms with Crippen LogP contribution in [0.5, 0.6) is 0 Å². The summed E-state index contributed by atoms with van der Waals surface area (Å²) in [6.07, 6.45) is 0.812. The maximum absolute atomic E-state index is 12.9. The van der Waals surface area contributed by atoms with E-state index in [1.54, 1.807) is 12.1 Å². The first-order chi connectivity index (χ1) is 7.58. The average molecular weight is 223 g/mol. The maximum Gasteiger partial charge on any atom is 0.138 e. The molecule has 0 bridgehead atoms. The van der Waals surface area contributed by atoms with Crippen LogP contribution in [0.2, 0.25) is 0 Å². The van der Waals surface area contributed by atoms with Crippen molar-refractivity contribution in [2.45, 2.75) is 32.7 Å². The number of ketones is 1. The first-order valence-corrected chi connectivity index (χ1v) is 5.57. The molecule has 2 nitrogen and oxygen atoms in total. The summed E-state index contributed by atoms with van der Waals surface area (Å²) in [7, 11) is 0. The monoisotopic (exact) mass is 223 g/mol. The van der Waals surface area contributed by atoms with Gasteiger partial charge in [0.1, 0.15) is 11.6 Å². The van der Waals surface area contributed by atoms with Gasteiger partial charge in [0.2, 0.25) is 0 Å². The molecule has 16 heavy (non-hydrogen) atoms. The van der Waals surface area contributed by atoms with E-state index in [2.05, 4.69) is 5.32 Å². The Balaban J connectivity index is 2.34. The number of Topliss-reactive ketones (excluding diaryl/α,β-unsaturated/α-hetero) is 1. The van der Waals surface area contributed by atoms with E-state index in [1.807, 2.05) is 13.8 Å². The second-order valence-electron chi connectivity index (χ2n) is 4.20. The highest BCUT2D eigenvalue weighted by Gasteiger charge is 2.04. The minimum atomic E-state index is -0.286. The summed E-state index contributed by atoms with van der Waals surface area (Å²) in [4.78, 5) is 11.5. The quantitative estimate of drug-likeness (QED) is 0.802. The van der Waals surface area contributed by atoms with Crippen molar-refractivity contribution in [1.82, 2.24) is 5.32 Å². The lowest BCUT2D eigenvalue weighted by Crippen LogP contribution is -2.25. The van der Waals surface area contributed by atoms with E-state index in [0.717, 1.165) is 5.56 Å². The van der Waals surface area contributed by atoms with Crippen molar-refractivity contribution < 1.29 is 9.18 Å². The third-order valence-corrected chi connectivity index (χ3v) is 2.25. The zero-order valence-electron chi connectivity index (χ0n) is 9.79. The third-order valence-electron chi connectivity index (χ3n) is 2.25. The molecule has 0 aliphatic rings. The van der Waals surface area contributed by atoms with Gasteiger partial charge in [-0.2, -0.15) is 0 Å². The van der Waals surface area contributed by atoms with Gasteiger partial charge >= 0.3 is 0 Å². The fourth-order valence-electron chi connectivity index (χ4n) is 1.46. The van der Waals surface area contributed by atoms with Gasteiger partial charge in [0.15, 0.2) is 0 Å². The maximum atomic E-state index is 12.9. The number of benzene rings is 1. The predicted molar refractivity (Wildman–Crippen MR) is 62.9 cm³/mol. The van der Waals surface area contributed by atoms with Crippen molar-refractivity contribution in [2.75, 3.05) is 6.54 Å². The van der Waals surface area contributed by atoms with Crippen LogP contribution in [0.4, 0.5) is 4.39 Å². The Morgan fingerprint density at radius 3 is 2.81 bits per heavy atom. The van der Waals surface area contributed by atoms with Crippen molar-refractivity contribution in [1.29, 1.82) is 0 Å². The fourth-order valence-corrected chi connectivity index (χ4v) is 1.46. The van der Waals surface area contributed by atoms with Gasteiger partial charge in [0.25, 0.3) is 0 Å². The highest BCUT2D eigenvalue weighted by molar-refractivity contribution is 5.81. The molecule has 0 radical (unpaired) electrons. The minimum absolute atomic E-state index is 0.138. The van der Waals surface area contributed by atoms with Crippen LogP contribution in [0, 0.1) is 5.82 Å². The number of hydrogen-bond donors (Lipinski definition) is 1. The first-order valence-electron chi connectivity index (χ1n) is 5.57. The molecule has 0 saturated carbocycles. The Hall–Kier alpha value is -1.22. The lowest BCUT2D eigenvalue weighted by molar-refractivity contribution is -0.118. The zero-order valence-corrected chi connectivity index (χ0v) is 9.79. The summed E-state index contributed by atoms with van der Waals surface area (Å²) < 4.78 is 12.9. The second kappa shape index (κ2) is 6.38. The van der Waals surface area contributed by atoms with E-state index < -0.39 is 0 Å². The minimum Gasteiger partial charge on any atom is -0.314 e. The SMILES string of the molecule is CC(C)NCCC(=O)Cc1cccc(F)c1. The van der Waals surface area contributed by atoms with Crippen LogP contribution >= 0.6 is 0 Å². The van der Waals surface area contributed by atoms with Crippen LogP contribution in [0.1, 0.15) is 25.8 Å². The molecule has 0 aromatic heterocycles. The molecule has 1 rings (SSSR count). The van der Waals surface area contributed by atoms with Crippen LogP contribution in [0.25, 0.3) is 0 Å². The highest BCUT2D eigenvalue weighted by Crippen LogP contribution is 2.05. The Bertz CT molecular complexity index is 350. The molecular formula is C13H18FNO. The van der Waals surface area contributed by atoms with Gasteiger partial charge in [0, 0.05) is 25.4 Å². The number of carbonyl (C=O) groups is 1. The Morgan fingerprint density at radius 2 is 2.19 bits per heavy atom. The number of hydrogen-bond acceptors (Lipinski definition) is 2. The van der Waals surface area contributed by atoms with Crippen molar-refractivity contribution in [2.24, 2.45) is 0 Å². The summed E-state index contributed by atoms with van der Waals surface area (Å²) >= 11 is 0. The summed E-state index contributed by atoms with van der Waals surface area (Å²) in [6, 6.07) is 6.59. The standard InChI is InChI=1S/C13H18FNO/c1-10(2)15-7-6-13(16)9-11-4-3-5-12(14)8-11/h3-5,8,10,15H,6-7,9H2,1-2H3. The summed E-state index contributed by atoms with van der Waals surface area (Å²) in [5, 5.41) is 3.18. The molecule has 0 atom stereocenters. The number of carbonyl (C=O) groups excluding carboxylic acids is 1. The molecule has 1 aromatic rings. The largest absolute Gasteiger partial charge is 0.314 e. The summed E-state index contributed by atoms with van der Waals surface area (Å²) in [6.45, 7) is 4.76. The smallest absolute Gasteiger partial charge is 0.138 e. The Morgan fingerprint density at radius 1 is 1.44 bits per heavy atom. The van der Waals surface area contributed by atoms with Crippen LogP contribution < -0.4 is 5.32 Å². The zero-order chi connectivity index (χ0) is 12.0. The highest BCUT2D eigenvalue weighted by atomic mass is 19.1. The van der Waals surface area contributed by atoms with E-state index in [1.165, 1.54) is 12.1 Å². The van der Waals surface area contributed by atoms with Gasteiger partial charge in [0.05, 0.1) is 0 Å². The molecule has 1 aromatic carbocycles. The molecule has 3 heteroatoms. The van der Waals surface area contributed by atoms with Gasteiger partial charge < -0.3 is 5.32 Å². The first kappa shape index (κ1) is 12.8. The van der Waals surface area contributed by atoms with E-state index in [4.69, 9.17) is 0 Å². The van der Waals surface area contributed by atoms with Crippen LogP contribution in [-0.4, -0.2) is 18.4 Å². The molecule has 0 amide bonds. The van der Waals surface area contributed by atoms with Gasteiger partial charge in [-0.15, -0.1) is 0 Å². The van der Waals surface area contributed by atoms with Crippen LogP contribution in [-0.2, 0) is 11.2 Å². The van der Waals surface area contributed by atoms with Gasteiger partial charge in [-0.05, 0) is 17.7 Å². The lowest BCUT2D eigenvalue weighted by atomic mass is 10.1. The molecule has 0 heterocycles. The van der Waals surface area contributed by atoms with Crippen molar-refractivity contribution in [3.8, 4) is 0 Å². The average Bonchev–Trinajstić information content (AvgIpc) is 2.16. The Labute approximate surface area is 95.9 Å². The van der Waals surface area contributed by atoms with E-state index in [9.17, 15) is 9.18 Å². The van der Waals surface area contributed by atoms with Crippen molar-refractivity contribution in [3.05, 3.63) is 35.6 Å².